The quantitative estimate of drug-likeness (QED) is 0.540. The number of aliphatic hydroxyl groups is 1. The molecule has 4 rings (SSSR count). The van der Waals surface area contributed by atoms with Crippen molar-refractivity contribution in [3.05, 3.63) is 82.1 Å². The second kappa shape index (κ2) is 7.73. The lowest BCUT2D eigenvalue weighted by Gasteiger charge is -2.14. The van der Waals surface area contributed by atoms with E-state index in [0.29, 0.717) is 32.9 Å². The van der Waals surface area contributed by atoms with Gasteiger partial charge in [-0.1, -0.05) is 35.9 Å². The lowest BCUT2D eigenvalue weighted by atomic mass is 10.0. The normalized spacial score (nSPS) is 12.3. The molecule has 0 saturated heterocycles. The van der Waals surface area contributed by atoms with E-state index in [-0.39, 0.29) is 12.2 Å². The maximum absolute atomic E-state index is 13.9. The van der Waals surface area contributed by atoms with E-state index in [1.807, 2.05) is 0 Å². The SMILES string of the molecule is C[C@@H](CO)n1cnc2c(-c3cccc(F)c3)nc(-c3ccc(Cl)cc3)cc2c1=O. The second-order valence-corrected chi connectivity index (χ2v) is 7.19. The van der Waals surface area contributed by atoms with E-state index in [4.69, 9.17) is 11.6 Å². The largest absolute Gasteiger partial charge is 0.394 e. The first-order valence-electron chi connectivity index (χ1n) is 9.02. The van der Waals surface area contributed by atoms with Crippen LogP contribution in [0.3, 0.4) is 0 Å². The van der Waals surface area contributed by atoms with Crippen molar-refractivity contribution in [2.45, 2.75) is 13.0 Å². The van der Waals surface area contributed by atoms with Crippen molar-refractivity contribution in [2.75, 3.05) is 6.61 Å². The summed E-state index contributed by atoms with van der Waals surface area (Å²) < 4.78 is 15.2. The Morgan fingerprint density at radius 3 is 2.59 bits per heavy atom. The van der Waals surface area contributed by atoms with Crippen LogP contribution in [0.2, 0.25) is 5.02 Å². The highest BCUT2D eigenvalue weighted by atomic mass is 35.5. The van der Waals surface area contributed by atoms with Gasteiger partial charge in [-0.3, -0.25) is 9.36 Å². The van der Waals surface area contributed by atoms with E-state index in [1.54, 1.807) is 49.4 Å². The number of pyridine rings is 1. The summed E-state index contributed by atoms with van der Waals surface area (Å²) in [5.74, 6) is -0.406. The van der Waals surface area contributed by atoms with Gasteiger partial charge in [0.05, 0.1) is 35.8 Å². The van der Waals surface area contributed by atoms with Crippen LogP contribution in [0.5, 0.6) is 0 Å². The average molecular weight is 410 g/mol. The Hall–Kier alpha value is -3.09. The zero-order valence-corrected chi connectivity index (χ0v) is 16.3. The third-order valence-electron chi connectivity index (χ3n) is 4.75. The highest BCUT2D eigenvalue weighted by molar-refractivity contribution is 6.30. The molecule has 4 aromatic rings. The van der Waals surface area contributed by atoms with Gasteiger partial charge < -0.3 is 5.11 Å². The zero-order chi connectivity index (χ0) is 20.5. The molecule has 0 radical (unpaired) electrons. The molecule has 0 aliphatic rings. The smallest absolute Gasteiger partial charge is 0.261 e. The van der Waals surface area contributed by atoms with Gasteiger partial charge >= 0.3 is 0 Å². The fraction of sp³-hybridized carbons (Fsp3) is 0.136. The molecular formula is C22H17ClFN3O2. The van der Waals surface area contributed by atoms with Crippen LogP contribution in [-0.2, 0) is 0 Å². The van der Waals surface area contributed by atoms with Crippen molar-refractivity contribution in [3.8, 4) is 22.5 Å². The molecule has 2 aromatic carbocycles. The second-order valence-electron chi connectivity index (χ2n) is 6.76. The van der Waals surface area contributed by atoms with E-state index < -0.39 is 11.9 Å². The number of hydrogen-bond acceptors (Lipinski definition) is 4. The van der Waals surface area contributed by atoms with Gasteiger partial charge in [-0.25, -0.2) is 14.4 Å². The lowest BCUT2D eigenvalue weighted by Crippen LogP contribution is -2.25. The molecule has 0 bridgehead atoms. The summed E-state index contributed by atoms with van der Waals surface area (Å²) in [5.41, 5.74) is 2.31. The number of halogens is 2. The first-order chi connectivity index (χ1) is 14.0. The van der Waals surface area contributed by atoms with Crippen molar-refractivity contribution in [1.29, 1.82) is 0 Å². The number of nitrogens with zero attached hydrogens (tertiary/aromatic N) is 3. The van der Waals surface area contributed by atoms with Gasteiger partial charge in [-0.15, -0.1) is 0 Å². The summed E-state index contributed by atoms with van der Waals surface area (Å²) in [6.45, 7) is 1.53. The van der Waals surface area contributed by atoms with Crippen molar-refractivity contribution in [3.63, 3.8) is 0 Å². The van der Waals surface area contributed by atoms with Crippen LogP contribution in [-0.4, -0.2) is 26.2 Å². The summed E-state index contributed by atoms with van der Waals surface area (Å²) >= 11 is 5.99. The molecule has 146 valence electrons. The summed E-state index contributed by atoms with van der Waals surface area (Å²) in [4.78, 5) is 22.2. The summed E-state index contributed by atoms with van der Waals surface area (Å²) in [6.07, 6.45) is 1.39. The van der Waals surface area contributed by atoms with Gasteiger partial charge in [0.2, 0.25) is 0 Å². The third kappa shape index (κ3) is 3.64. The average Bonchev–Trinajstić information content (AvgIpc) is 2.73. The molecule has 29 heavy (non-hydrogen) atoms. The number of hydrogen-bond donors (Lipinski definition) is 1. The highest BCUT2D eigenvalue weighted by Gasteiger charge is 2.17. The Balaban J connectivity index is 2.05. The van der Waals surface area contributed by atoms with Crippen molar-refractivity contribution in [1.82, 2.24) is 14.5 Å². The Morgan fingerprint density at radius 2 is 1.90 bits per heavy atom. The Bertz CT molecular complexity index is 1260. The van der Waals surface area contributed by atoms with Gasteiger partial charge in [0.1, 0.15) is 11.3 Å². The van der Waals surface area contributed by atoms with Gasteiger partial charge in [-0.2, -0.15) is 0 Å². The van der Waals surface area contributed by atoms with Gasteiger partial charge in [0.25, 0.3) is 5.56 Å². The van der Waals surface area contributed by atoms with Crippen LogP contribution in [0.1, 0.15) is 13.0 Å². The van der Waals surface area contributed by atoms with Gasteiger partial charge in [0.15, 0.2) is 0 Å². The molecule has 0 aliphatic carbocycles. The molecule has 0 saturated carbocycles. The Kier molecular flexibility index (Phi) is 5.13. The number of aromatic nitrogens is 3. The van der Waals surface area contributed by atoms with Crippen LogP contribution >= 0.6 is 11.6 Å². The molecule has 1 atom stereocenters. The Labute approximate surface area is 171 Å². The van der Waals surface area contributed by atoms with E-state index in [2.05, 4.69) is 9.97 Å². The molecule has 0 spiro atoms. The first-order valence-corrected chi connectivity index (χ1v) is 9.40. The minimum atomic E-state index is -0.427. The van der Waals surface area contributed by atoms with Crippen LogP contribution in [0.25, 0.3) is 33.4 Å². The minimum absolute atomic E-state index is 0.195. The van der Waals surface area contributed by atoms with Gasteiger partial charge in [0, 0.05) is 16.1 Å². The molecule has 5 nitrogen and oxygen atoms in total. The first kappa shape index (κ1) is 19.2. The van der Waals surface area contributed by atoms with Crippen LogP contribution in [0.15, 0.2) is 65.7 Å². The lowest BCUT2D eigenvalue weighted by molar-refractivity contribution is 0.236. The monoisotopic (exact) mass is 409 g/mol. The third-order valence-corrected chi connectivity index (χ3v) is 5.00. The predicted molar refractivity (Wildman–Crippen MR) is 111 cm³/mol. The van der Waals surface area contributed by atoms with Crippen molar-refractivity contribution in [2.24, 2.45) is 0 Å². The molecule has 0 fully saturated rings. The molecular weight excluding hydrogens is 393 g/mol. The number of benzene rings is 2. The molecule has 2 aromatic heterocycles. The molecule has 7 heteroatoms. The topological polar surface area (TPSA) is 68.0 Å². The van der Waals surface area contributed by atoms with Crippen molar-refractivity contribution < 1.29 is 9.50 Å². The predicted octanol–water partition coefficient (Wildman–Crippen LogP) is 4.47. The van der Waals surface area contributed by atoms with E-state index in [0.717, 1.165) is 5.56 Å². The maximum atomic E-state index is 13.9. The summed E-state index contributed by atoms with van der Waals surface area (Å²) in [7, 11) is 0. The minimum Gasteiger partial charge on any atom is -0.394 e. The molecule has 1 N–H and O–H groups in total. The number of aliphatic hydroxyl groups excluding tert-OH is 1. The molecule has 2 heterocycles. The fourth-order valence-corrected chi connectivity index (χ4v) is 3.28. The molecule has 0 amide bonds. The van der Waals surface area contributed by atoms with E-state index in [1.165, 1.54) is 23.0 Å². The van der Waals surface area contributed by atoms with Crippen LogP contribution in [0, 0.1) is 5.82 Å². The fourth-order valence-electron chi connectivity index (χ4n) is 3.15. The van der Waals surface area contributed by atoms with Crippen molar-refractivity contribution >= 4 is 22.5 Å². The number of fused-ring (bicyclic) bond motifs is 1. The highest BCUT2D eigenvalue weighted by Crippen LogP contribution is 2.29. The zero-order valence-electron chi connectivity index (χ0n) is 15.5. The summed E-state index contributed by atoms with van der Waals surface area (Å²) in [6, 6.07) is 14.3. The standard InChI is InChI=1S/C22H17ClFN3O2/c1-13(11-28)27-12-25-21-18(22(27)29)10-19(14-5-7-16(23)8-6-14)26-20(21)15-3-2-4-17(24)9-15/h2-10,12-13,28H,11H2,1H3/t13-/m0/s1. The van der Waals surface area contributed by atoms with Crippen LogP contribution < -0.4 is 5.56 Å². The van der Waals surface area contributed by atoms with Gasteiger partial charge in [-0.05, 0) is 37.3 Å². The van der Waals surface area contributed by atoms with E-state index in [9.17, 15) is 14.3 Å². The molecule has 0 aliphatic heterocycles. The summed E-state index contributed by atoms with van der Waals surface area (Å²) in [5, 5.41) is 10.4. The van der Waals surface area contributed by atoms with E-state index >= 15 is 0 Å². The maximum Gasteiger partial charge on any atom is 0.261 e. The Morgan fingerprint density at radius 1 is 1.14 bits per heavy atom. The van der Waals surface area contributed by atoms with Crippen LogP contribution in [0.4, 0.5) is 4.39 Å². The number of rotatable bonds is 4. The molecule has 0 unspecified atom stereocenters.